The highest BCUT2D eigenvalue weighted by Gasteiger charge is 2.26. The lowest BCUT2D eigenvalue weighted by atomic mass is 10.1. The molecule has 4 aromatic rings. The van der Waals surface area contributed by atoms with Gasteiger partial charge in [0, 0.05) is 18.0 Å². The number of nitrogens with zero attached hydrogens (tertiary/aromatic N) is 4. The topological polar surface area (TPSA) is 107 Å². The summed E-state index contributed by atoms with van der Waals surface area (Å²) >= 11 is 0. The smallest absolute Gasteiger partial charge is 0.343 e. The van der Waals surface area contributed by atoms with Crippen molar-refractivity contribution in [2.24, 2.45) is 0 Å². The van der Waals surface area contributed by atoms with Gasteiger partial charge in [-0.2, -0.15) is 10.2 Å². The molecule has 150 valence electrons. The highest BCUT2D eigenvalue weighted by molar-refractivity contribution is 5.94. The normalized spacial score (nSPS) is 10.7. The first kappa shape index (κ1) is 19.2. The first-order chi connectivity index (χ1) is 14.6. The fourth-order valence-corrected chi connectivity index (χ4v) is 3.05. The molecule has 4 rings (SSSR count). The van der Waals surface area contributed by atoms with Crippen molar-refractivity contribution in [2.75, 3.05) is 0 Å². The SMILES string of the molecule is CCc1ccc(-c2noc(COC(=O)c3c(C)oc(-n4cccc4)c3C#N)n2)cc1. The fourth-order valence-electron chi connectivity index (χ4n) is 3.05. The second kappa shape index (κ2) is 8.09. The number of hydrogen-bond donors (Lipinski definition) is 0. The standard InChI is InChI=1S/C22H18N4O4/c1-3-15-6-8-16(9-7-15)20-24-18(30-25-20)13-28-22(27)19-14(2)29-21(17(19)12-23)26-10-4-5-11-26/h4-11H,3,13H2,1-2H3. The number of hydrogen-bond acceptors (Lipinski definition) is 7. The van der Waals surface area contributed by atoms with Crippen LogP contribution in [0.5, 0.6) is 0 Å². The Morgan fingerprint density at radius 2 is 1.97 bits per heavy atom. The van der Waals surface area contributed by atoms with Crippen LogP contribution < -0.4 is 0 Å². The summed E-state index contributed by atoms with van der Waals surface area (Å²) in [6, 6.07) is 13.4. The van der Waals surface area contributed by atoms with E-state index in [0.29, 0.717) is 11.6 Å². The van der Waals surface area contributed by atoms with Gasteiger partial charge in [-0.05, 0) is 31.0 Å². The minimum atomic E-state index is -0.696. The van der Waals surface area contributed by atoms with E-state index in [4.69, 9.17) is 13.7 Å². The zero-order valence-corrected chi connectivity index (χ0v) is 16.5. The predicted molar refractivity (Wildman–Crippen MR) is 106 cm³/mol. The van der Waals surface area contributed by atoms with Crippen molar-refractivity contribution in [3.63, 3.8) is 0 Å². The van der Waals surface area contributed by atoms with Crippen molar-refractivity contribution in [2.45, 2.75) is 26.9 Å². The van der Waals surface area contributed by atoms with Crippen LogP contribution in [0.15, 0.2) is 57.7 Å². The summed E-state index contributed by atoms with van der Waals surface area (Å²) < 4.78 is 17.7. The Bertz CT molecular complexity index is 1210. The number of carbonyl (C=O) groups excluding carboxylic acids is 1. The van der Waals surface area contributed by atoms with Gasteiger partial charge in [0.25, 0.3) is 5.89 Å². The van der Waals surface area contributed by atoms with Crippen LogP contribution in [0, 0.1) is 18.3 Å². The van der Waals surface area contributed by atoms with Crippen LogP contribution in [-0.4, -0.2) is 20.7 Å². The third kappa shape index (κ3) is 3.61. The zero-order valence-electron chi connectivity index (χ0n) is 16.5. The van der Waals surface area contributed by atoms with Gasteiger partial charge in [0.1, 0.15) is 23.0 Å². The van der Waals surface area contributed by atoms with Crippen LogP contribution in [0.4, 0.5) is 0 Å². The molecule has 0 saturated heterocycles. The molecule has 8 heteroatoms. The molecule has 0 spiro atoms. The maximum atomic E-state index is 12.6. The van der Waals surface area contributed by atoms with Gasteiger partial charge in [0.15, 0.2) is 6.61 Å². The summed E-state index contributed by atoms with van der Waals surface area (Å²) in [7, 11) is 0. The van der Waals surface area contributed by atoms with Gasteiger partial charge in [-0.3, -0.25) is 4.57 Å². The average molecular weight is 402 g/mol. The van der Waals surface area contributed by atoms with Crippen LogP contribution in [0.1, 0.15) is 40.1 Å². The van der Waals surface area contributed by atoms with E-state index in [1.165, 1.54) is 5.56 Å². The van der Waals surface area contributed by atoms with E-state index in [1.807, 2.05) is 30.3 Å². The molecule has 3 aromatic heterocycles. The summed E-state index contributed by atoms with van der Waals surface area (Å²) in [6.45, 7) is 3.47. The largest absolute Gasteiger partial charge is 0.452 e. The molecule has 0 saturated carbocycles. The van der Waals surface area contributed by atoms with Crippen molar-refractivity contribution in [3.8, 4) is 23.3 Å². The Balaban J connectivity index is 1.49. The summed E-state index contributed by atoms with van der Waals surface area (Å²) in [5.41, 5.74) is 2.20. The van der Waals surface area contributed by atoms with Crippen LogP contribution in [0.2, 0.25) is 0 Å². The van der Waals surface area contributed by atoms with Crippen LogP contribution in [0.25, 0.3) is 17.3 Å². The lowest BCUT2D eigenvalue weighted by molar-refractivity contribution is 0.0427. The molecule has 0 aliphatic heterocycles. The third-order valence-electron chi connectivity index (χ3n) is 4.64. The first-order valence-electron chi connectivity index (χ1n) is 9.36. The van der Waals surface area contributed by atoms with Gasteiger partial charge in [-0.15, -0.1) is 0 Å². The number of aryl methyl sites for hydroxylation is 2. The monoisotopic (exact) mass is 402 g/mol. The van der Waals surface area contributed by atoms with E-state index in [-0.39, 0.29) is 29.5 Å². The van der Waals surface area contributed by atoms with Crippen molar-refractivity contribution in [3.05, 3.63) is 77.1 Å². The number of benzene rings is 1. The van der Waals surface area contributed by atoms with E-state index in [1.54, 1.807) is 36.0 Å². The average Bonchev–Trinajstić information content (AvgIpc) is 3.51. The minimum Gasteiger partial charge on any atom is -0.452 e. The number of rotatable bonds is 6. The molecular formula is C22H18N4O4. The predicted octanol–water partition coefficient (Wildman–Crippen LogP) is 4.22. The van der Waals surface area contributed by atoms with Crippen molar-refractivity contribution in [1.29, 1.82) is 5.26 Å². The summed E-state index contributed by atoms with van der Waals surface area (Å²) in [5, 5.41) is 13.5. The van der Waals surface area contributed by atoms with Crippen LogP contribution >= 0.6 is 0 Å². The number of esters is 1. The molecule has 8 nitrogen and oxygen atoms in total. The van der Waals surface area contributed by atoms with E-state index in [2.05, 4.69) is 17.1 Å². The van der Waals surface area contributed by atoms with Gasteiger partial charge >= 0.3 is 5.97 Å². The Morgan fingerprint density at radius 1 is 1.23 bits per heavy atom. The molecule has 0 aliphatic carbocycles. The fraction of sp³-hybridized carbons (Fsp3) is 0.182. The van der Waals surface area contributed by atoms with Gasteiger partial charge in [0.2, 0.25) is 11.7 Å². The van der Waals surface area contributed by atoms with Gasteiger partial charge in [-0.1, -0.05) is 36.3 Å². The van der Waals surface area contributed by atoms with Crippen LogP contribution in [-0.2, 0) is 17.8 Å². The molecule has 0 N–H and O–H groups in total. The molecule has 0 aliphatic rings. The Morgan fingerprint density at radius 3 is 2.63 bits per heavy atom. The highest BCUT2D eigenvalue weighted by atomic mass is 16.6. The van der Waals surface area contributed by atoms with Crippen molar-refractivity contribution >= 4 is 5.97 Å². The molecule has 0 unspecified atom stereocenters. The van der Waals surface area contributed by atoms with Crippen molar-refractivity contribution in [1.82, 2.24) is 14.7 Å². The number of nitriles is 1. The number of carbonyl (C=O) groups is 1. The minimum absolute atomic E-state index is 0.0797. The van der Waals surface area contributed by atoms with E-state index < -0.39 is 5.97 Å². The van der Waals surface area contributed by atoms with E-state index in [9.17, 15) is 10.1 Å². The van der Waals surface area contributed by atoms with Crippen LogP contribution in [0.3, 0.4) is 0 Å². The third-order valence-corrected chi connectivity index (χ3v) is 4.64. The molecule has 0 bridgehead atoms. The zero-order chi connectivity index (χ0) is 21.1. The number of aromatic nitrogens is 3. The molecule has 3 heterocycles. The molecular weight excluding hydrogens is 384 g/mol. The summed E-state index contributed by atoms with van der Waals surface area (Å²) in [4.78, 5) is 16.9. The van der Waals surface area contributed by atoms with E-state index >= 15 is 0 Å². The molecule has 1 aromatic carbocycles. The molecule has 0 fully saturated rings. The van der Waals surface area contributed by atoms with E-state index in [0.717, 1.165) is 12.0 Å². The van der Waals surface area contributed by atoms with Gasteiger partial charge < -0.3 is 13.7 Å². The van der Waals surface area contributed by atoms with Crippen molar-refractivity contribution < 1.29 is 18.5 Å². The van der Waals surface area contributed by atoms with Gasteiger partial charge in [-0.25, -0.2) is 4.79 Å². The lowest BCUT2D eigenvalue weighted by Crippen LogP contribution is -2.08. The molecule has 0 radical (unpaired) electrons. The summed E-state index contributed by atoms with van der Waals surface area (Å²) in [5.74, 6) is 0.433. The second-order valence-corrected chi connectivity index (χ2v) is 6.55. The Labute approximate surface area is 172 Å². The quantitative estimate of drug-likeness (QED) is 0.444. The second-order valence-electron chi connectivity index (χ2n) is 6.55. The molecule has 30 heavy (non-hydrogen) atoms. The highest BCUT2D eigenvalue weighted by Crippen LogP contribution is 2.26. The first-order valence-corrected chi connectivity index (χ1v) is 9.36. The maximum absolute atomic E-state index is 12.6. The number of ether oxygens (including phenoxy) is 1. The Hall–Kier alpha value is -4.12. The summed E-state index contributed by atoms with van der Waals surface area (Å²) in [6.07, 6.45) is 4.39. The number of furan rings is 1. The van der Waals surface area contributed by atoms with Gasteiger partial charge in [0.05, 0.1) is 0 Å². The lowest BCUT2D eigenvalue weighted by Gasteiger charge is -2.01. The Kier molecular flexibility index (Phi) is 5.18. The molecule has 0 atom stereocenters. The maximum Gasteiger partial charge on any atom is 0.343 e. The molecule has 0 amide bonds.